The maximum atomic E-state index is 5.41. The Labute approximate surface area is 337 Å². The van der Waals surface area contributed by atoms with Crippen molar-refractivity contribution in [2.45, 2.75) is 6.92 Å². The molecule has 0 atom stereocenters. The normalized spacial score (nSPS) is 11.6. The Morgan fingerprint density at radius 1 is 0.393 bits per heavy atom. The van der Waals surface area contributed by atoms with Gasteiger partial charge in [0, 0.05) is 0 Å². The van der Waals surface area contributed by atoms with Crippen LogP contribution in [-0.4, -0.2) is 9.97 Å². The van der Waals surface area contributed by atoms with Crippen LogP contribution < -0.4 is 9.97 Å². The van der Waals surface area contributed by atoms with Gasteiger partial charge in [0.2, 0.25) is 0 Å². The second-order valence-corrected chi connectivity index (χ2v) is 13.4. The van der Waals surface area contributed by atoms with Crippen LogP contribution in [0.2, 0.25) is 0 Å². The first-order valence-corrected chi connectivity index (χ1v) is 18.4. The molecule has 5 aromatic carbocycles. The zero-order valence-electron chi connectivity index (χ0n) is 30.6. The van der Waals surface area contributed by atoms with E-state index in [0.29, 0.717) is 0 Å². The third-order valence-electron chi connectivity index (χ3n) is 9.77. The molecule has 268 valence electrons. The van der Waals surface area contributed by atoms with E-state index in [1.165, 1.54) is 0 Å². The first-order valence-electron chi connectivity index (χ1n) is 18.4. The first-order chi connectivity index (χ1) is 27.2. The van der Waals surface area contributed by atoms with Crippen LogP contribution >= 0.6 is 0 Å². The van der Waals surface area contributed by atoms with E-state index in [0.717, 1.165) is 94.9 Å². The zero-order chi connectivity index (χ0) is 37.0. The molecule has 8 aromatic rings. The van der Waals surface area contributed by atoms with Crippen molar-refractivity contribution in [2.24, 2.45) is 0 Å². The second kappa shape index (κ2) is 16.3. The fraction of sp³-hybridized carbons (Fsp3) is 0.0196. The Hall–Kier alpha value is -6.79. The first kappa shape index (κ1) is 36.2. The molecular formula is C51H35CoN4. The average Bonchev–Trinajstić information content (AvgIpc) is 4.08. The van der Waals surface area contributed by atoms with Crippen molar-refractivity contribution in [3.05, 3.63) is 205 Å². The van der Waals surface area contributed by atoms with Gasteiger partial charge in [0.25, 0.3) is 0 Å². The summed E-state index contributed by atoms with van der Waals surface area (Å²) >= 11 is 0. The van der Waals surface area contributed by atoms with Gasteiger partial charge in [-0.2, -0.15) is 36.4 Å². The Balaban J connectivity index is 0.000000578. The van der Waals surface area contributed by atoms with Crippen LogP contribution in [0.15, 0.2) is 176 Å². The molecule has 0 fully saturated rings. The van der Waals surface area contributed by atoms with Crippen molar-refractivity contribution in [1.29, 1.82) is 0 Å². The summed E-state index contributed by atoms with van der Waals surface area (Å²) in [5.41, 5.74) is 16.2. The fourth-order valence-corrected chi connectivity index (χ4v) is 7.27. The number of allylic oxidation sites excluding steroid dienone is 1. The molecule has 0 aliphatic carbocycles. The number of fused-ring (bicyclic) bond motifs is 8. The standard InChI is InChI=1S/C45H30N4.C6H5.Co/c1-29-28-40-43(32-18-10-4-11-19-32)38-25-24-36(47-38)41(30-14-6-2-7-15-30)34-22-23-35(46-34)42(31-16-8-3-9-17-31)37-26-27-39(48-37)44(45(29)49-40)33-20-12-5-13-21-33;1-2-4-6-5-3-1;/h2-28H,1H3;1-5H;/q-2;-1;+3. The third kappa shape index (κ3) is 7.21. The summed E-state index contributed by atoms with van der Waals surface area (Å²) in [7, 11) is 0. The zero-order valence-corrected chi connectivity index (χ0v) is 31.6. The van der Waals surface area contributed by atoms with Crippen molar-refractivity contribution in [1.82, 2.24) is 19.9 Å². The molecule has 0 spiro atoms. The van der Waals surface area contributed by atoms with E-state index in [9.17, 15) is 0 Å². The molecule has 0 radical (unpaired) electrons. The molecule has 0 N–H and O–H groups in total. The molecule has 0 amide bonds. The summed E-state index contributed by atoms with van der Waals surface area (Å²) in [4.78, 5) is 21.4. The van der Waals surface area contributed by atoms with Crippen molar-refractivity contribution in [3.8, 4) is 44.5 Å². The van der Waals surface area contributed by atoms with Gasteiger partial charge in [-0.05, 0) is 75.2 Å². The van der Waals surface area contributed by atoms with Gasteiger partial charge in [-0.15, -0.1) is 22.1 Å². The Bertz CT molecular complexity index is 2810. The van der Waals surface area contributed by atoms with Gasteiger partial charge in [-0.25, -0.2) is 9.97 Å². The summed E-state index contributed by atoms with van der Waals surface area (Å²) in [5, 5.41) is 0. The van der Waals surface area contributed by atoms with E-state index in [1.807, 2.05) is 54.6 Å². The van der Waals surface area contributed by atoms with Crippen LogP contribution in [0.1, 0.15) is 29.7 Å². The van der Waals surface area contributed by atoms with Gasteiger partial charge in [0.15, 0.2) is 0 Å². The minimum atomic E-state index is 0. The largest absolute Gasteiger partial charge is 3.00 e. The maximum absolute atomic E-state index is 5.41. The molecular weight excluding hydrogens is 728 g/mol. The molecule has 5 heteroatoms. The average molecular weight is 763 g/mol. The van der Waals surface area contributed by atoms with Gasteiger partial charge in [-0.1, -0.05) is 146 Å². The number of hydrogen-bond acceptors (Lipinski definition) is 2. The van der Waals surface area contributed by atoms with Crippen LogP contribution in [0.25, 0.3) is 90.4 Å². The van der Waals surface area contributed by atoms with Crippen molar-refractivity contribution in [2.75, 3.05) is 0 Å². The number of hydrogen-bond donors (Lipinski definition) is 0. The van der Waals surface area contributed by atoms with Gasteiger partial charge < -0.3 is 9.97 Å². The quantitative estimate of drug-likeness (QED) is 0.168. The Kier molecular flexibility index (Phi) is 10.5. The van der Waals surface area contributed by atoms with Crippen molar-refractivity contribution in [3.63, 3.8) is 0 Å². The van der Waals surface area contributed by atoms with E-state index in [2.05, 4.69) is 153 Å². The predicted molar refractivity (Wildman–Crippen MR) is 228 cm³/mol. The summed E-state index contributed by atoms with van der Waals surface area (Å²) in [6, 6.07) is 62.7. The van der Waals surface area contributed by atoms with E-state index in [1.54, 1.807) is 0 Å². The SMILES string of the molecule is CC1=Cc2nc1c(-c1ccccc1)c1ccc([n-]1)c(-c1ccccc1)c1nc(c(-c3ccccc3)c3ccc([n-]3)c2-c2ccccc2)C=C1.[Co+3].[c-]1ccccc1. The monoisotopic (exact) mass is 762 g/mol. The molecule has 4 nitrogen and oxygen atoms in total. The smallest absolute Gasteiger partial charge is 0.657 e. The maximum Gasteiger partial charge on any atom is 3.00 e. The Morgan fingerprint density at radius 2 is 0.750 bits per heavy atom. The van der Waals surface area contributed by atoms with Gasteiger partial charge >= 0.3 is 16.8 Å². The van der Waals surface area contributed by atoms with Crippen molar-refractivity contribution >= 4 is 45.9 Å². The van der Waals surface area contributed by atoms with E-state index in [4.69, 9.17) is 19.9 Å². The Morgan fingerprint density at radius 3 is 1.12 bits per heavy atom. The van der Waals surface area contributed by atoms with Gasteiger partial charge in [0.05, 0.1) is 22.8 Å². The third-order valence-corrected chi connectivity index (χ3v) is 9.77. The minimum absolute atomic E-state index is 0. The topological polar surface area (TPSA) is 54.0 Å². The molecule has 0 saturated carbocycles. The van der Waals surface area contributed by atoms with Crippen molar-refractivity contribution < 1.29 is 16.8 Å². The second-order valence-electron chi connectivity index (χ2n) is 13.4. The molecule has 2 aliphatic rings. The van der Waals surface area contributed by atoms with Crippen LogP contribution in [0.4, 0.5) is 0 Å². The van der Waals surface area contributed by atoms with E-state index >= 15 is 0 Å². The molecule has 5 heterocycles. The molecule has 3 aromatic heterocycles. The van der Waals surface area contributed by atoms with E-state index in [-0.39, 0.29) is 16.8 Å². The summed E-state index contributed by atoms with van der Waals surface area (Å²) < 4.78 is 0. The molecule has 10 rings (SSSR count). The van der Waals surface area contributed by atoms with E-state index < -0.39 is 0 Å². The minimum Gasteiger partial charge on any atom is -0.657 e. The molecule has 0 unspecified atom stereocenters. The molecule has 56 heavy (non-hydrogen) atoms. The van der Waals surface area contributed by atoms with Crippen LogP contribution in [0.5, 0.6) is 0 Å². The summed E-state index contributed by atoms with van der Waals surface area (Å²) in [6.07, 6.45) is 6.40. The predicted octanol–water partition coefficient (Wildman–Crippen LogP) is 12.5. The molecule has 2 aliphatic heterocycles. The van der Waals surface area contributed by atoms with Crippen LogP contribution in [0.3, 0.4) is 0 Å². The number of aromatic nitrogens is 4. The summed E-state index contributed by atoms with van der Waals surface area (Å²) in [6.45, 7) is 2.14. The number of nitrogens with zero attached hydrogens (tertiary/aromatic N) is 4. The molecule has 8 bridgehead atoms. The van der Waals surface area contributed by atoms with Gasteiger partial charge in [-0.3, -0.25) is 0 Å². The number of rotatable bonds is 4. The molecule has 0 saturated heterocycles. The number of benzene rings is 5. The van der Waals surface area contributed by atoms with Crippen LogP contribution in [0, 0.1) is 6.07 Å². The van der Waals surface area contributed by atoms with Crippen LogP contribution in [-0.2, 0) is 16.8 Å². The van der Waals surface area contributed by atoms with Gasteiger partial charge in [0.1, 0.15) is 0 Å². The fourth-order valence-electron chi connectivity index (χ4n) is 7.27. The summed E-state index contributed by atoms with van der Waals surface area (Å²) in [5.74, 6) is 0.